The summed E-state index contributed by atoms with van der Waals surface area (Å²) in [6, 6.07) is 3.27. The maximum atomic E-state index is 12.8. The van der Waals surface area contributed by atoms with Crippen LogP contribution < -0.4 is 16.0 Å². The number of piperazine rings is 1. The molecule has 2 heterocycles. The standard InChI is InChI=1S/C16H18ClF3N6/c17-14-15(23-4-3-22-14)26-7-5-25(6-8-26)10-24-13-9-11(16(18,19)20)1-2-12(13)21/h1-4,9,24H,5-8,10,21H2. The maximum Gasteiger partial charge on any atom is 0.416 e. The van der Waals surface area contributed by atoms with Crippen molar-refractivity contribution in [2.75, 3.05) is 48.8 Å². The molecule has 0 unspecified atom stereocenters. The number of nitrogens with zero attached hydrogens (tertiary/aromatic N) is 4. The number of alkyl halides is 3. The molecule has 1 saturated heterocycles. The number of nitrogen functional groups attached to an aromatic ring is 1. The van der Waals surface area contributed by atoms with E-state index in [1.54, 1.807) is 6.20 Å². The molecule has 1 aromatic carbocycles. The predicted molar refractivity (Wildman–Crippen MR) is 95.2 cm³/mol. The number of rotatable bonds is 4. The molecule has 0 bridgehead atoms. The second-order valence-electron chi connectivity index (χ2n) is 5.91. The lowest BCUT2D eigenvalue weighted by Crippen LogP contribution is -2.48. The van der Waals surface area contributed by atoms with Gasteiger partial charge in [-0.2, -0.15) is 13.2 Å². The summed E-state index contributed by atoms with van der Waals surface area (Å²) < 4.78 is 38.5. The number of hydrogen-bond donors (Lipinski definition) is 2. The van der Waals surface area contributed by atoms with Gasteiger partial charge in [-0.1, -0.05) is 11.6 Å². The van der Waals surface area contributed by atoms with Crippen LogP contribution in [0.4, 0.5) is 30.4 Å². The molecule has 0 amide bonds. The largest absolute Gasteiger partial charge is 0.416 e. The molecule has 0 atom stereocenters. The fourth-order valence-electron chi connectivity index (χ4n) is 2.73. The van der Waals surface area contributed by atoms with E-state index in [0.29, 0.717) is 43.8 Å². The van der Waals surface area contributed by atoms with Crippen LogP contribution in [0.1, 0.15) is 5.56 Å². The zero-order valence-corrected chi connectivity index (χ0v) is 14.6. The summed E-state index contributed by atoms with van der Waals surface area (Å²) in [5.41, 5.74) is 5.61. The van der Waals surface area contributed by atoms with E-state index in [-0.39, 0.29) is 11.4 Å². The van der Waals surface area contributed by atoms with Gasteiger partial charge in [0.1, 0.15) is 0 Å². The van der Waals surface area contributed by atoms with Crippen LogP contribution in [0.5, 0.6) is 0 Å². The van der Waals surface area contributed by atoms with E-state index in [2.05, 4.69) is 20.2 Å². The van der Waals surface area contributed by atoms with E-state index in [1.807, 2.05) is 4.90 Å². The Morgan fingerprint density at radius 2 is 1.81 bits per heavy atom. The van der Waals surface area contributed by atoms with Crippen LogP contribution in [0.15, 0.2) is 30.6 Å². The summed E-state index contributed by atoms with van der Waals surface area (Å²) >= 11 is 6.06. The molecule has 1 aromatic heterocycles. The van der Waals surface area contributed by atoms with E-state index < -0.39 is 11.7 Å². The first kappa shape index (κ1) is 18.5. The summed E-state index contributed by atoms with van der Waals surface area (Å²) in [5, 5.41) is 3.35. The van der Waals surface area contributed by atoms with Gasteiger partial charge in [0.25, 0.3) is 0 Å². The Bertz CT molecular complexity index is 762. The molecule has 0 spiro atoms. The first-order chi connectivity index (χ1) is 12.3. The fourth-order valence-corrected chi connectivity index (χ4v) is 2.95. The molecule has 3 N–H and O–H groups in total. The van der Waals surface area contributed by atoms with Crippen molar-refractivity contribution in [2.24, 2.45) is 0 Å². The minimum absolute atomic E-state index is 0.277. The van der Waals surface area contributed by atoms with E-state index in [0.717, 1.165) is 12.1 Å². The average molecular weight is 387 g/mol. The van der Waals surface area contributed by atoms with Crippen LogP contribution in [0.25, 0.3) is 0 Å². The van der Waals surface area contributed by atoms with E-state index >= 15 is 0 Å². The third-order valence-corrected chi connectivity index (χ3v) is 4.45. The Morgan fingerprint density at radius 1 is 1.12 bits per heavy atom. The topological polar surface area (TPSA) is 70.3 Å². The number of halogens is 4. The highest BCUT2D eigenvalue weighted by Crippen LogP contribution is 2.33. The first-order valence-corrected chi connectivity index (χ1v) is 8.37. The molecule has 0 saturated carbocycles. The predicted octanol–water partition coefficient (Wildman–Crippen LogP) is 2.92. The molecule has 2 aromatic rings. The smallest absolute Gasteiger partial charge is 0.397 e. The lowest BCUT2D eigenvalue weighted by molar-refractivity contribution is -0.137. The molecular formula is C16H18ClF3N6. The highest BCUT2D eigenvalue weighted by molar-refractivity contribution is 6.31. The van der Waals surface area contributed by atoms with Crippen LogP contribution in [0, 0.1) is 0 Å². The van der Waals surface area contributed by atoms with Crippen molar-refractivity contribution in [3.05, 3.63) is 41.3 Å². The van der Waals surface area contributed by atoms with Gasteiger partial charge in [0, 0.05) is 38.6 Å². The average Bonchev–Trinajstić information content (AvgIpc) is 2.61. The van der Waals surface area contributed by atoms with Gasteiger partial charge in [-0.15, -0.1) is 0 Å². The van der Waals surface area contributed by atoms with Crippen LogP contribution >= 0.6 is 11.6 Å². The molecule has 3 rings (SSSR count). The molecule has 1 aliphatic heterocycles. The zero-order valence-electron chi connectivity index (χ0n) is 13.8. The van der Waals surface area contributed by atoms with Crippen LogP contribution in [0.3, 0.4) is 0 Å². The third-order valence-electron chi connectivity index (χ3n) is 4.18. The SMILES string of the molecule is Nc1ccc(C(F)(F)F)cc1NCN1CCN(c2nccnc2Cl)CC1. The number of nitrogens with one attached hydrogen (secondary N) is 1. The van der Waals surface area contributed by atoms with E-state index in [4.69, 9.17) is 17.3 Å². The van der Waals surface area contributed by atoms with Crippen LogP contribution in [-0.4, -0.2) is 47.7 Å². The normalized spacial score (nSPS) is 15.9. The van der Waals surface area contributed by atoms with E-state index in [1.165, 1.54) is 12.3 Å². The van der Waals surface area contributed by atoms with Crippen molar-refractivity contribution in [1.29, 1.82) is 0 Å². The van der Waals surface area contributed by atoms with Crippen molar-refractivity contribution >= 4 is 28.8 Å². The molecule has 6 nitrogen and oxygen atoms in total. The van der Waals surface area contributed by atoms with Crippen LogP contribution in [-0.2, 0) is 6.18 Å². The van der Waals surface area contributed by atoms with Gasteiger partial charge in [0.2, 0.25) is 0 Å². The zero-order chi connectivity index (χ0) is 18.7. The van der Waals surface area contributed by atoms with Crippen molar-refractivity contribution in [3.63, 3.8) is 0 Å². The number of nitrogens with two attached hydrogens (primary N) is 1. The lowest BCUT2D eigenvalue weighted by atomic mass is 10.1. The molecule has 140 valence electrons. The summed E-state index contributed by atoms with van der Waals surface area (Å²) in [4.78, 5) is 12.4. The van der Waals surface area contributed by atoms with Gasteiger partial charge in [0.15, 0.2) is 11.0 Å². The third kappa shape index (κ3) is 4.28. The molecule has 0 radical (unpaired) electrons. The van der Waals surface area contributed by atoms with Gasteiger partial charge < -0.3 is 16.0 Å². The van der Waals surface area contributed by atoms with Crippen molar-refractivity contribution < 1.29 is 13.2 Å². The molecule has 10 heteroatoms. The van der Waals surface area contributed by atoms with Gasteiger partial charge in [-0.25, -0.2) is 9.97 Å². The summed E-state index contributed by atoms with van der Waals surface area (Å²) in [5.74, 6) is 0.642. The van der Waals surface area contributed by atoms with Gasteiger partial charge in [-0.3, -0.25) is 4.90 Å². The summed E-state index contributed by atoms with van der Waals surface area (Å²) in [6.45, 7) is 3.20. The van der Waals surface area contributed by atoms with E-state index in [9.17, 15) is 13.2 Å². The Labute approximate surface area is 153 Å². The molecule has 26 heavy (non-hydrogen) atoms. The minimum atomic E-state index is -4.40. The Kier molecular flexibility index (Phi) is 5.38. The fraction of sp³-hybridized carbons (Fsp3) is 0.375. The Balaban J connectivity index is 1.57. The molecule has 1 aliphatic rings. The Hall–Kier alpha value is -2.26. The molecule has 0 aliphatic carbocycles. The Morgan fingerprint density at radius 3 is 2.46 bits per heavy atom. The quantitative estimate of drug-likeness (QED) is 0.787. The summed E-state index contributed by atoms with van der Waals surface area (Å²) in [7, 11) is 0. The molecule has 1 fully saturated rings. The second kappa shape index (κ2) is 7.55. The highest BCUT2D eigenvalue weighted by atomic mass is 35.5. The van der Waals surface area contributed by atoms with Crippen molar-refractivity contribution in [1.82, 2.24) is 14.9 Å². The number of anilines is 3. The maximum absolute atomic E-state index is 12.8. The monoisotopic (exact) mass is 386 g/mol. The number of aromatic nitrogens is 2. The lowest BCUT2D eigenvalue weighted by Gasteiger charge is -2.35. The molecular weight excluding hydrogens is 369 g/mol. The number of hydrogen-bond acceptors (Lipinski definition) is 6. The van der Waals surface area contributed by atoms with Crippen LogP contribution in [0.2, 0.25) is 5.15 Å². The van der Waals surface area contributed by atoms with Gasteiger partial charge in [-0.05, 0) is 18.2 Å². The van der Waals surface area contributed by atoms with Crippen molar-refractivity contribution in [2.45, 2.75) is 6.18 Å². The highest BCUT2D eigenvalue weighted by Gasteiger charge is 2.31. The van der Waals surface area contributed by atoms with Crippen molar-refractivity contribution in [3.8, 4) is 0 Å². The number of benzene rings is 1. The second-order valence-corrected chi connectivity index (χ2v) is 6.27. The van der Waals surface area contributed by atoms with Gasteiger partial charge in [0.05, 0.1) is 23.6 Å². The van der Waals surface area contributed by atoms with Gasteiger partial charge >= 0.3 is 6.18 Å². The summed E-state index contributed by atoms with van der Waals surface area (Å²) in [6.07, 6.45) is -1.28. The minimum Gasteiger partial charge on any atom is -0.397 e. The first-order valence-electron chi connectivity index (χ1n) is 7.99.